The molecule has 1 atom stereocenters. The van der Waals surface area contributed by atoms with Crippen LogP contribution in [0.4, 0.5) is 4.79 Å². The average molecular weight is 363 g/mol. The summed E-state index contributed by atoms with van der Waals surface area (Å²) in [6.45, 7) is 9.01. The van der Waals surface area contributed by atoms with Crippen LogP contribution in [-0.2, 0) is 20.8 Å². The second kappa shape index (κ2) is 10.5. The van der Waals surface area contributed by atoms with E-state index in [4.69, 9.17) is 14.2 Å². The molecule has 1 heterocycles. The fourth-order valence-electron chi connectivity index (χ4n) is 2.91. The number of nitrogens with zero attached hydrogens (tertiary/aromatic N) is 1. The summed E-state index contributed by atoms with van der Waals surface area (Å²) >= 11 is 0. The van der Waals surface area contributed by atoms with Crippen LogP contribution in [0.2, 0.25) is 0 Å². The van der Waals surface area contributed by atoms with Gasteiger partial charge in [0.25, 0.3) is 0 Å². The molecule has 2 rings (SSSR count). The third kappa shape index (κ3) is 8.19. The van der Waals surface area contributed by atoms with E-state index in [0.717, 1.165) is 32.2 Å². The van der Waals surface area contributed by atoms with E-state index in [2.05, 4.69) is 12.1 Å². The van der Waals surface area contributed by atoms with Crippen molar-refractivity contribution in [2.75, 3.05) is 26.3 Å². The third-order valence-electron chi connectivity index (χ3n) is 4.18. The summed E-state index contributed by atoms with van der Waals surface area (Å²) in [5.41, 5.74) is 0.723. The molecule has 1 aromatic carbocycles. The van der Waals surface area contributed by atoms with Gasteiger partial charge in [-0.05, 0) is 52.0 Å². The van der Waals surface area contributed by atoms with Crippen molar-refractivity contribution in [3.63, 3.8) is 0 Å². The highest BCUT2D eigenvalue weighted by Gasteiger charge is 2.26. The van der Waals surface area contributed by atoms with Gasteiger partial charge in [-0.3, -0.25) is 0 Å². The van der Waals surface area contributed by atoms with Gasteiger partial charge in [-0.25, -0.2) is 4.79 Å². The maximum atomic E-state index is 12.3. The molecule has 146 valence electrons. The molecule has 0 aromatic heterocycles. The normalized spacial score (nSPS) is 18.4. The predicted octanol–water partition coefficient (Wildman–Crippen LogP) is 4.40. The third-order valence-corrected chi connectivity index (χ3v) is 4.18. The quantitative estimate of drug-likeness (QED) is 0.674. The monoisotopic (exact) mass is 363 g/mol. The van der Waals surface area contributed by atoms with Gasteiger partial charge >= 0.3 is 6.09 Å². The first kappa shape index (κ1) is 20.7. The molecule has 0 radical (unpaired) electrons. The first-order valence-corrected chi connectivity index (χ1v) is 9.65. The van der Waals surface area contributed by atoms with Gasteiger partial charge in [0, 0.05) is 19.8 Å². The van der Waals surface area contributed by atoms with E-state index in [1.54, 1.807) is 4.90 Å². The smallest absolute Gasteiger partial charge is 0.410 e. The number of rotatable bonds is 7. The van der Waals surface area contributed by atoms with E-state index < -0.39 is 5.60 Å². The minimum absolute atomic E-state index is 0.0825. The highest BCUT2D eigenvalue weighted by Crippen LogP contribution is 2.17. The molecule has 0 unspecified atom stereocenters. The SMILES string of the molecule is CC(C)(C)OC(=O)N1CCCC[C@@H](OCCCOCc2ccccc2)C1. The van der Waals surface area contributed by atoms with Crippen molar-refractivity contribution in [3.05, 3.63) is 35.9 Å². The number of carbonyl (C=O) groups is 1. The molecule has 0 bridgehead atoms. The molecular formula is C21H33NO4. The molecule has 26 heavy (non-hydrogen) atoms. The van der Waals surface area contributed by atoms with Crippen molar-refractivity contribution < 1.29 is 19.0 Å². The standard InChI is InChI=1S/C21H33NO4/c1-21(2,3)26-20(23)22-13-8-7-12-19(16-22)25-15-9-14-24-17-18-10-5-4-6-11-18/h4-6,10-11,19H,7-9,12-17H2,1-3H3/t19-/m1/s1. The highest BCUT2D eigenvalue weighted by molar-refractivity contribution is 5.68. The molecule has 0 N–H and O–H groups in total. The average Bonchev–Trinajstić information content (AvgIpc) is 2.83. The number of hydrogen-bond donors (Lipinski definition) is 0. The number of amides is 1. The Morgan fingerprint density at radius 3 is 2.65 bits per heavy atom. The Bertz CT molecular complexity index is 527. The van der Waals surface area contributed by atoms with Gasteiger partial charge < -0.3 is 19.1 Å². The Labute approximate surface area is 157 Å². The Morgan fingerprint density at radius 1 is 1.15 bits per heavy atom. The summed E-state index contributed by atoms with van der Waals surface area (Å²) in [4.78, 5) is 14.1. The van der Waals surface area contributed by atoms with Crippen LogP contribution in [-0.4, -0.2) is 49.0 Å². The molecule has 0 saturated carbocycles. The topological polar surface area (TPSA) is 48.0 Å². The second-order valence-corrected chi connectivity index (χ2v) is 7.81. The van der Waals surface area contributed by atoms with Crippen molar-refractivity contribution in [2.45, 2.75) is 64.8 Å². The molecule has 1 saturated heterocycles. The molecule has 5 nitrogen and oxygen atoms in total. The first-order valence-electron chi connectivity index (χ1n) is 9.65. The molecule has 5 heteroatoms. The Balaban J connectivity index is 1.64. The van der Waals surface area contributed by atoms with E-state index in [-0.39, 0.29) is 12.2 Å². The number of hydrogen-bond acceptors (Lipinski definition) is 4. The maximum Gasteiger partial charge on any atom is 0.410 e. The van der Waals surface area contributed by atoms with Gasteiger partial charge in [0.15, 0.2) is 0 Å². The van der Waals surface area contributed by atoms with E-state index in [1.165, 1.54) is 5.56 Å². The van der Waals surface area contributed by atoms with Gasteiger partial charge in [0.1, 0.15) is 5.60 Å². The fraction of sp³-hybridized carbons (Fsp3) is 0.667. The van der Waals surface area contributed by atoms with Crippen molar-refractivity contribution >= 4 is 6.09 Å². The summed E-state index contributed by atoms with van der Waals surface area (Å²) in [6, 6.07) is 10.2. The molecule has 0 spiro atoms. The van der Waals surface area contributed by atoms with Gasteiger partial charge in [0.2, 0.25) is 0 Å². The summed E-state index contributed by atoms with van der Waals surface area (Å²) < 4.78 is 17.2. The molecular weight excluding hydrogens is 330 g/mol. The van der Waals surface area contributed by atoms with Gasteiger partial charge in [0.05, 0.1) is 19.3 Å². The molecule has 1 aliphatic heterocycles. The van der Waals surface area contributed by atoms with E-state index in [1.807, 2.05) is 39.0 Å². The Hall–Kier alpha value is -1.59. The van der Waals surface area contributed by atoms with E-state index in [0.29, 0.717) is 26.4 Å². The summed E-state index contributed by atoms with van der Waals surface area (Å²) in [5.74, 6) is 0. The molecule has 0 aliphatic carbocycles. The lowest BCUT2D eigenvalue weighted by atomic mass is 10.2. The van der Waals surface area contributed by atoms with Crippen LogP contribution in [0.1, 0.15) is 52.0 Å². The lowest BCUT2D eigenvalue weighted by molar-refractivity contribution is -0.00468. The molecule has 1 aromatic rings. The van der Waals surface area contributed by atoms with Crippen LogP contribution in [0, 0.1) is 0 Å². The number of carbonyl (C=O) groups excluding carboxylic acids is 1. The lowest BCUT2D eigenvalue weighted by Gasteiger charge is -2.28. The maximum absolute atomic E-state index is 12.3. The van der Waals surface area contributed by atoms with Gasteiger partial charge in [-0.2, -0.15) is 0 Å². The Kier molecular flexibility index (Phi) is 8.39. The highest BCUT2D eigenvalue weighted by atomic mass is 16.6. The summed E-state index contributed by atoms with van der Waals surface area (Å²) in [7, 11) is 0. The fourth-order valence-corrected chi connectivity index (χ4v) is 2.91. The van der Waals surface area contributed by atoms with Crippen LogP contribution < -0.4 is 0 Å². The van der Waals surface area contributed by atoms with Crippen LogP contribution in [0.15, 0.2) is 30.3 Å². The minimum Gasteiger partial charge on any atom is -0.444 e. The van der Waals surface area contributed by atoms with Crippen molar-refractivity contribution in [3.8, 4) is 0 Å². The zero-order valence-electron chi connectivity index (χ0n) is 16.4. The van der Waals surface area contributed by atoms with Crippen LogP contribution >= 0.6 is 0 Å². The van der Waals surface area contributed by atoms with Crippen LogP contribution in [0.5, 0.6) is 0 Å². The van der Waals surface area contributed by atoms with Crippen molar-refractivity contribution in [1.29, 1.82) is 0 Å². The Morgan fingerprint density at radius 2 is 1.92 bits per heavy atom. The number of likely N-dealkylation sites (tertiary alicyclic amines) is 1. The number of benzene rings is 1. The van der Waals surface area contributed by atoms with Crippen molar-refractivity contribution in [2.24, 2.45) is 0 Å². The first-order chi connectivity index (χ1) is 12.4. The minimum atomic E-state index is -0.462. The van der Waals surface area contributed by atoms with Gasteiger partial charge in [-0.1, -0.05) is 30.3 Å². The molecule has 1 fully saturated rings. The largest absolute Gasteiger partial charge is 0.444 e. The lowest BCUT2D eigenvalue weighted by Crippen LogP contribution is -2.41. The van der Waals surface area contributed by atoms with Crippen molar-refractivity contribution in [1.82, 2.24) is 4.90 Å². The summed E-state index contributed by atoms with van der Waals surface area (Å²) in [5, 5.41) is 0. The van der Waals surface area contributed by atoms with Gasteiger partial charge in [-0.15, -0.1) is 0 Å². The second-order valence-electron chi connectivity index (χ2n) is 7.81. The summed E-state index contributed by atoms with van der Waals surface area (Å²) in [6.07, 6.45) is 3.77. The van der Waals surface area contributed by atoms with E-state index in [9.17, 15) is 4.79 Å². The van der Waals surface area contributed by atoms with Crippen LogP contribution in [0.3, 0.4) is 0 Å². The zero-order valence-corrected chi connectivity index (χ0v) is 16.4. The van der Waals surface area contributed by atoms with E-state index >= 15 is 0 Å². The molecule has 1 amide bonds. The number of ether oxygens (including phenoxy) is 3. The molecule has 1 aliphatic rings. The van der Waals surface area contributed by atoms with Crippen LogP contribution in [0.25, 0.3) is 0 Å². The predicted molar refractivity (Wildman–Crippen MR) is 102 cm³/mol. The zero-order chi connectivity index (χ0) is 18.8.